The van der Waals surface area contributed by atoms with Crippen molar-refractivity contribution in [2.24, 2.45) is 0 Å². The van der Waals surface area contributed by atoms with Crippen LogP contribution in [-0.4, -0.2) is 19.6 Å². The molecular weight excluding hydrogens is 262 g/mol. The summed E-state index contributed by atoms with van der Waals surface area (Å²) in [5, 5.41) is 2.94. The molecule has 0 atom stereocenters. The second-order valence-electron chi connectivity index (χ2n) is 5.08. The van der Waals surface area contributed by atoms with Gasteiger partial charge in [-0.25, -0.2) is 0 Å². The predicted molar refractivity (Wildman–Crippen MR) is 84.8 cm³/mol. The molecule has 0 radical (unpaired) electrons. The molecule has 2 rings (SSSR count). The number of rotatable bonds is 6. The van der Waals surface area contributed by atoms with E-state index in [0.717, 1.165) is 12.8 Å². The second kappa shape index (κ2) is 7.48. The van der Waals surface area contributed by atoms with Gasteiger partial charge in [0.05, 0.1) is 7.11 Å². The maximum atomic E-state index is 12.0. The van der Waals surface area contributed by atoms with Gasteiger partial charge in [-0.15, -0.1) is 0 Å². The summed E-state index contributed by atoms with van der Waals surface area (Å²) in [4.78, 5) is 12.0. The number of methoxy groups -OCH3 is 1. The molecule has 1 N–H and O–H groups in total. The number of nitrogens with one attached hydrogen (secondary N) is 1. The molecule has 0 unspecified atom stereocenters. The summed E-state index contributed by atoms with van der Waals surface area (Å²) >= 11 is 0. The van der Waals surface area contributed by atoms with Gasteiger partial charge in [0.15, 0.2) is 0 Å². The Kier molecular flexibility index (Phi) is 5.38. The molecule has 0 bridgehead atoms. The van der Waals surface area contributed by atoms with Crippen LogP contribution in [0.2, 0.25) is 0 Å². The summed E-state index contributed by atoms with van der Waals surface area (Å²) in [5.41, 5.74) is 3.21. The van der Waals surface area contributed by atoms with Gasteiger partial charge in [0.1, 0.15) is 5.75 Å². The molecule has 0 spiro atoms. The summed E-state index contributed by atoms with van der Waals surface area (Å²) < 4.78 is 5.12. The Labute approximate surface area is 126 Å². The standard InChI is InChI=1S/C18H21NO2/c1-14-6-3-7-15(12-14)8-5-11-19-18(20)16-9-4-10-17(13-16)21-2/h3-4,6-7,9-10,12-13H,5,8,11H2,1-2H3,(H,19,20). The highest BCUT2D eigenvalue weighted by Gasteiger charge is 2.05. The van der Waals surface area contributed by atoms with Crippen molar-refractivity contribution in [3.63, 3.8) is 0 Å². The molecule has 2 aromatic rings. The fourth-order valence-corrected chi connectivity index (χ4v) is 2.23. The van der Waals surface area contributed by atoms with Crippen LogP contribution in [0.1, 0.15) is 27.9 Å². The average molecular weight is 283 g/mol. The quantitative estimate of drug-likeness (QED) is 0.825. The first kappa shape index (κ1) is 15.1. The number of ether oxygens (including phenoxy) is 1. The minimum Gasteiger partial charge on any atom is -0.497 e. The van der Waals surface area contributed by atoms with Crippen LogP contribution in [-0.2, 0) is 6.42 Å². The third kappa shape index (κ3) is 4.63. The molecule has 0 heterocycles. The summed E-state index contributed by atoms with van der Waals surface area (Å²) in [7, 11) is 1.60. The number of amides is 1. The summed E-state index contributed by atoms with van der Waals surface area (Å²) in [6.45, 7) is 2.76. The first-order valence-corrected chi connectivity index (χ1v) is 7.17. The highest BCUT2D eigenvalue weighted by molar-refractivity contribution is 5.94. The van der Waals surface area contributed by atoms with Crippen LogP contribution in [0.5, 0.6) is 5.75 Å². The van der Waals surface area contributed by atoms with Crippen molar-refractivity contribution in [3.8, 4) is 5.75 Å². The van der Waals surface area contributed by atoms with Crippen molar-refractivity contribution in [3.05, 3.63) is 65.2 Å². The van der Waals surface area contributed by atoms with Gasteiger partial charge in [-0.05, 0) is 43.5 Å². The van der Waals surface area contributed by atoms with Crippen LogP contribution in [0.15, 0.2) is 48.5 Å². The molecule has 0 aliphatic carbocycles. The average Bonchev–Trinajstić information content (AvgIpc) is 2.51. The molecule has 0 aliphatic heterocycles. The lowest BCUT2D eigenvalue weighted by Crippen LogP contribution is -2.24. The molecule has 0 saturated heterocycles. The van der Waals surface area contributed by atoms with Crippen LogP contribution >= 0.6 is 0 Å². The largest absolute Gasteiger partial charge is 0.497 e. The third-order valence-electron chi connectivity index (χ3n) is 3.34. The van der Waals surface area contributed by atoms with E-state index in [1.807, 2.05) is 12.1 Å². The zero-order valence-electron chi connectivity index (χ0n) is 12.6. The fourth-order valence-electron chi connectivity index (χ4n) is 2.23. The van der Waals surface area contributed by atoms with Gasteiger partial charge in [0.25, 0.3) is 5.91 Å². The Balaban J connectivity index is 1.79. The maximum absolute atomic E-state index is 12.0. The highest BCUT2D eigenvalue weighted by atomic mass is 16.5. The van der Waals surface area contributed by atoms with E-state index in [0.29, 0.717) is 17.9 Å². The normalized spacial score (nSPS) is 10.2. The fraction of sp³-hybridized carbons (Fsp3) is 0.278. The van der Waals surface area contributed by atoms with E-state index >= 15 is 0 Å². The molecular formula is C18H21NO2. The number of hydrogen-bond donors (Lipinski definition) is 1. The second-order valence-corrected chi connectivity index (χ2v) is 5.08. The lowest BCUT2D eigenvalue weighted by molar-refractivity contribution is 0.0953. The smallest absolute Gasteiger partial charge is 0.251 e. The molecule has 0 aromatic heterocycles. The van der Waals surface area contributed by atoms with Crippen molar-refractivity contribution in [2.75, 3.05) is 13.7 Å². The van der Waals surface area contributed by atoms with Crippen molar-refractivity contribution in [1.82, 2.24) is 5.32 Å². The van der Waals surface area contributed by atoms with Gasteiger partial charge in [-0.3, -0.25) is 4.79 Å². The summed E-state index contributed by atoms with van der Waals surface area (Å²) in [6.07, 6.45) is 1.90. The van der Waals surface area contributed by atoms with E-state index in [2.05, 4.69) is 36.5 Å². The predicted octanol–water partition coefficient (Wildman–Crippen LogP) is 3.37. The molecule has 0 saturated carbocycles. The van der Waals surface area contributed by atoms with Gasteiger partial charge in [0, 0.05) is 12.1 Å². The van der Waals surface area contributed by atoms with Gasteiger partial charge < -0.3 is 10.1 Å². The van der Waals surface area contributed by atoms with E-state index in [4.69, 9.17) is 4.74 Å². The summed E-state index contributed by atoms with van der Waals surface area (Å²) in [6, 6.07) is 15.7. The minimum absolute atomic E-state index is 0.0573. The lowest BCUT2D eigenvalue weighted by Gasteiger charge is -2.07. The summed E-state index contributed by atoms with van der Waals surface area (Å²) in [5.74, 6) is 0.639. The Morgan fingerprint density at radius 3 is 2.71 bits per heavy atom. The Bertz CT molecular complexity index is 608. The number of aryl methyl sites for hydroxylation is 2. The van der Waals surface area contributed by atoms with Gasteiger partial charge in [0.2, 0.25) is 0 Å². The van der Waals surface area contributed by atoms with Crippen LogP contribution in [0.3, 0.4) is 0 Å². The molecule has 3 heteroatoms. The number of carbonyl (C=O) groups excluding carboxylic acids is 1. The van der Waals surface area contributed by atoms with Crippen LogP contribution in [0.4, 0.5) is 0 Å². The minimum atomic E-state index is -0.0573. The zero-order chi connectivity index (χ0) is 15.1. The van der Waals surface area contributed by atoms with E-state index in [9.17, 15) is 4.79 Å². The first-order valence-electron chi connectivity index (χ1n) is 7.17. The molecule has 21 heavy (non-hydrogen) atoms. The monoisotopic (exact) mass is 283 g/mol. The SMILES string of the molecule is COc1cccc(C(=O)NCCCc2cccc(C)c2)c1. The Morgan fingerprint density at radius 1 is 1.14 bits per heavy atom. The number of carbonyl (C=O) groups is 1. The first-order chi connectivity index (χ1) is 10.2. The Morgan fingerprint density at radius 2 is 1.95 bits per heavy atom. The van der Waals surface area contributed by atoms with E-state index in [1.165, 1.54) is 11.1 Å². The van der Waals surface area contributed by atoms with Crippen molar-refractivity contribution >= 4 is 5.91 Å². The highest BCUT2D eigenvalue weighted by Crippen LogP contribution is 2.12. The zero-order valence-corrected chi connectivity index (χ0v) is 12.6. The van der Waals surface area contributed by atoms with Gasteiger partial charge in [-0.2, -0.15) is 0 Å². The molecule has 1 amide bonds. The molecule has 110 valence electrons. The molecule has 2 aromatic carbocycles. The van der Waals surface area contributed by atoms with Crippen molar-refractivity contribution in [2.45, 2.75) is 19.8 Å². The van der Waals surface area contributed by atoms with Crippen molar-refractivity contribution in [1.29, 1.82) is 0 Å². The number of benzene rings is 2. The topological polar surface area (TPSA) is 38.3 Å². The number of hydrogen-bond acceptors (Lipinski definition) is 2. The van der Waals surface area contributed by atoms with Crippen molar-refractivity contribution < 1.29 is 9.53 Å². The Hall–Kier alpha value is -2.29. The van der Waals surface area contributed by atoms with E-state index in [1.54, 1.807) is 19.2 Å². The van der Waals surface area contributed by atoms with Crippen LogP contribution < -0.4 is 10.1 Å². The molecule has 0 fully saturated rings. The third-order valence-corrected chi connectivity index (χ3v) is 3.34. The van der Waals surface area contributed by atoms with Gasteiger partial charge in [-0.1, -0.05) is 35.9 Å². The lowest BCUT2D eigenvalue weighted by atomic mass is 10.1. The van der Waals surface area contributed by atoms with Crippen LogP contribution in [0.25, 0.3) is 0 Å². The van der Waals surface area contributed by atoms with E-state index < -0.39 is 0 Å². The van der Waals surface area contributed by atoms with E-state index in [-0.39, 0.29) is 5.91 Å². The van der Waals surface area contributed by atoms with Crippen LogP contribution in [0, 0.1) is 6.92 Å². The molecule has 3 nitrogen and oxygen atoms in total. The molecule has 0 aliphatic rings. The maximum Gasteiger partial charge on any atom is 0.251 e. The van der Waals surface area contributed by atoms with Gasteiger partial charge >= 0.3 is 0 Å².